The zero-order chi connectivity index (χ0) is 26.9. The van der Waals surface area contributed by atoms with Crippen LogP contribution in [0, 0.1) is 0 Å². The highest BCUT2D eigenvalue weighted by Gasteiger charge is 2.32. The predicted octanol–water partition coefficient (Wildman–Crippen LogP) is 3.99. The molecule has 5 rings (SSSR count). The van der Waals surface area contributed by atoms with Gasteiger partial charge < -0.3 is 10.2 Å². The number of carbonyl (C=O) groups is 1. The first kappa shape index (κ1) is 26.0. The summed E-state index contributed by atoms with van der Waals surface area (Å²) in [5.41, 5.74) is 1.20. The van der Waals surface area contributed by atoms with Gasteiger partial charge in [0, 0.05) is 37.3 Å². The molecule has 2 aromatic heterocycles. The number of anilines is 1. The Kier molecular flexibility index (Phi) is 7.26. The number of rotatable bonds is 6. The van der Waals surface area contributed by atoms with E-state index >= 15 is 0 Å². The van der Waals surface area contributed by atoms with Crippen LogP contribution in [0.3, 0.4) is 0 Å². The van der Waals surface area contributed by atoms with E-state index in [9.17, 15) is 18.0 Å². The lowest BCUT2D eigenvalue weighted by Gasteiger charge is -2.39. The first-order valence-electron chi connectivity index (χ1n) is 12.0. The molecular formula is C26H26F3N7OS. The largest absolute Gasteiger partial charge is 0.416 e. The van der Waals surface area contributed by atoms with Crippen molar-refractivity contribution in [1.29, 1.82) is 0 Å². The number of halogens is 3. The highest BCUT2D eigenvalue weighted by atomic mass is 32.2. The van der Waals surface area contributed by atoms with E-state index in [0.717, 1.165) is 17.7 Å². The molecule has 0 spiro atoms. The second-order valence-corrected chi connectivity index (χ2v) is 9.94. The molecule has 198 valence electrons. The average Bonchev–Trinajstić information content (AvgIpc) is 3.37. The van der Waals surface area contributed by atoms with Crippen LogP contribution in [0.15, 0.2) is 66.0 Å². The lowest BCUT2D eigenvalue weighted by molar-refractivity contribution is -0.137. The summed E-state index contributed by atoms with van der Waals surface area (Å²) in [7, 11) is 1.92. The van der Waals surface area contributed by atoms with Crippen molar-refractivity contribution in [3.63, 3.8) is 0 Å². The molecule has 1 fully saturated rings. The number of benzene rings is 2. The van der Waals surface area contributed by atoms with Crippen LogP contribution < -0.4 is 10.2 Å². The molecule has 0 aliphatic carbocycles. The van der Waals surface area contributed by atoms with Gasteiger partial charge in [0.25, 0.3) is 0 Å². The Bertz CT molecular complexity index is 1420. The molecule has 2 aromatic carbocycles. The topological polar surface area (TPSA) is 79.2 Å². The monoisotopic (exact) mass is 541 g/mol. The summed E-state index contributed by atoms with van der Waals surface area (Å²) in [5.74, 6) is 0.559. The highest BCUT2D eigenvalue weighted by Crippen LogP contribution is 2.30. The first-order valence-corrected chi connectivity index (χ1v) is 13.2. The number of thioether (sulfide) groups is 1. The Hall–Kier alpha value is -3.64. The van der Waals surface area contributed by atoms with Crippen LogP contribution in [0.1, 0.15) is 11.1 Å². The van der Waals surface area contributed by atoms with Crippen molar-refractivity contribution in [2.75, 3.05) is 37.8 Å². The van der Waals surface area contributed by atoms with Gasteiger partial charge in [-0.25, -0.2) is 14.6 Å². The van der Waals surface area contributed by atoms with Crippen molar-refractivity contribution in [2.45, 2.75) is 23.7 Å². The number of alkyl halides is 3. The summed E-state index contributed by atoms with van der Waals surface area (Å²) in [4.78, 5) is 27.1. The summed E-state index contributed by atoms with van der Waals surface area (Å²) in [6, 6.07) is 12.5. The number of nitrogens with zero attached hydrogens (tertiary/aromatic N) is 6. The third kappa shape index (κ3) is 5.46. The molecule has 1 aliphatic heterocycles. The van der Waals surface area contributed by atoms with E-state index in [2.05, 4.69) is 20.4 Å². The Morgan fingerprint density at radius 1 is 1.08 bits per heavy atom. The number of hydrogen-bond donors (Lipinski definition) is 1. The number of carbonyl (C=O) groups excluding carboxylic acids is 1. The lowest BCUT2D eigenvalue weighted by atomic mass is 10.1. The molecule has 1 atom stereocenters. The zero-order valence-electron chi connectivity index (χ0n) is 20.8. The molecule has 0 saturated carbocycles. The molecule has 0 unspecified atom stereocenters. The van der Waals surface area contributed by atoms with Crippen LogP contribution in [0.4, 0.5) is 19.0 Å². The second kappa shape index (κ2) is 10.6. The molecule has 12 heteroatoms. The number of likely N-dealkylation sites (N-methyl/N-ethyl adjacent to an activating group) is 1. The number of amides is 1. The number of nitrogens with one attached hydrogen (secondary N) is 1. The van der Waals surface area contributed by atoms with Gasteiger partial charge in [0.15, 0.2) is 5.65 Å². The number of aromatic nitrogens is 4. The average molecular weight is 542 g/mol. The summed E-state index contributed by atoms with van der Waals surface area (Å²) >= 11 is 1.67. The van der Waals surface area contributed by atoms with Gasteiger partial charge in [0.1, 0.15) is 18.2 Å². The van der Waals surface area contributed by atoms with Gasteiger partial charge in [0.05, 0.1) is 16.6 Å². The molecule has 38 heavy (non-hydrogen) atoms. The van der Waals surface area contributed by atoms with Crippen molar-refractivity contribution in [2.24, 2.45) is 0 Å². The van der Waals surface area contributed by atoms with Gasteiger partial charge in [-0.05, 0) is 55.3 Å². The molecule has 3 heterocycles. The predicted molar refractivity (Wildman–Crippen MR) is 140 cm³/mol. The molecular weight excluding hydrogens is 515 g/mol. The SMILES string of the molecule is CSc1ccc(CNC(=O)[C@H]2CN(c3ncnc4nn(-c5ccc(C(F)(F)F)cc5)cc34)CCN2C)cc1. The standard InChI is InChI=1S/C26H26F3N7OS/c1-34-11-12-35(15-22(34)25(37)30-13-17-3-9-20(38-2)10-4-17)24-21-14-36(33-23(21)31-16-32-24)19-7-5-18(6-8-19)26(27,28)29/h3-10,14,16,22H,11-13,15H2,1-2H3,(H,30,37)/t22-/m1/s1. The van der Waals surface area contributed by atoms with E-state index in [1.807, 2.05) is 47.4 Å². The van der Waals surface area contributed by atoms with Crippen LogP contribution in [-0.4, -0.2) is 69.5 Å². The molecule has 0 bridgehead atoms. The maximum atomic E-state index is 13.1. The fourth-order valence-electron chi connectivity index (χ4n) is 4.41. The smallest absolute Gasteiger partial charge is 0.353 e. The van der Waals surface area contributed by atoms with Gasteiger partial charge >= 0.3 is 6.18 Å². The third-order valence-corrected chi connectivity index (χ3v) is 7.37. The van der Waals surface area contributed by atoms with E-state index in [4.69, 9.17) is 0 Å². The molecule has 1 aliphatic rings. The lowest BCUT2D eigenvalue weighted by Crippen LogP contribution is -2.57. The fraction of sp³-hybridized carbons (Fsp3) is 0.308. The van der Waals surface area contributed by atoms with Crippen molar-refractivity contribution < 1.29 is 18.0 Å². The molecule has 1 N–H and O–H groups in total. The van der Waals surface area contributed by atoms with E-state index in [1.165, 1.54) is 28.0 Å². The van der Waals surface area contributed by atoms with Crippen molar-refractivity contribution in [1.82, 2.24) is 30.0 Å². The maximum absolute atomic E-state index is 13.1. The Morgan fingerprint density at radius 2 is 1.82 bits per heavy atom. The van der Waals surface area contributed by atoms with E-state index in [-0.39, 0.29) is 11.9 Å². The number of fused-ring (bicyclic) bond motifs is 1. The molecule has 1 amide bonds. The molecule has 8 nitrogen and oxygen atoms in total. The molecule has 4 aromatic rings. The van der Waals surface area contributed by atoms with Crippen LogP contribution in [0.5, 0.6) is 0 Å². The van der Waals surface area contributed by atoms with Gasteiger partial charge in [0.2, 0.25) is 5.91 Å². The minimum absolute atomic E-state index is 0.0723. The second-order valence-electron chi connectivity index (χ2n) is 9.06. The Labute approximate surface area is 221 Å². The summed E-state index contributed by atoms with van der Waals surface area (Å²) in [6.45, 7) is 2.16. The molecule has 1 saturated heterocycles. The zero-order valence-corrected chi connectivity index (χ0v) is 21.6. The van der Waals surface area contributed by atoms with Crippen LogP contribution in [0.25, 0.3) is 16.7 Å². The van der Waals surface area contributed by atoms with Gasteiger partial charge in [-0.3, -0.25) is 9.69 Å². The minimum Gasteiger partial charge on any atom is -0.353 e. The number of hydrogen-bond acceptors (Lipinski definition) is 7. The number of piperazine rings is 1. The quantitative estimate of drug-likeness (QED) is 0.370. The fourth-order valence-corrected chi connectivity index (χ4v) is 4.82. The van der Waals surface area contributed by atoms with Gasteiger partial charge in [-0.15, -0.1) is 16.9 Å². The Morgan fingerprint density at radius 3 is 2.50 bits per heavy atom. The maximum Gasteiger partial charge on any atom is 0.416 e. The van der Waals surface area contributed by atoms with Crippen molar-refractivity contribution >= 4 is 34.5 Å². The summed E-state index contributed by atoms with van der Waals surface area (Å²) in [6.07, 6.45) is 0.730. The summed E-state index contributed by atoms with van der Waals surface area (Å²) < 4.78 is 40.3. The van der Waals surface area contributed by atoms with E-state index in [0.29, 0.717) is 48.7 Å². The van der Waals surface area contributed by atoms with Crippen molar-refractivity contribution in [3.05, 3.63) is 72.2 Å². The van der Waals surface area contributed by atoms with Gasteiger partial charge in [-0.1, -0.05) is 12.1 Å². The summed E-state index contributed by atoms with van der Waals surface area (Å²) in [5, 5.41) is 8.14. The van der Waals surface area contributed by atoms with E-state index < -0.39 is 11.7 Å². The molecule has 0 radical (unpaired) electrons. The third-order valence-electron chi connectivity index (χ3n) is 6.63. The normalized spacial score (nSPS) is 16.7. The minimum atomic E-state index is -4.41. The first-order chi connectivity index (χ1) is 18.2. The Balaban J connectivity index is 1.33. The van der Waals surface area contributed by atoms with Crippen LogP contribution in [0.2, 0.25) is 0 Å². The van der Waals surface area contributed by atoms with Crippen LogP contribution in [-0.2, 0) is 17.5 Å². The van der Waals surface area contributed by atoms with Crippen molar-refractivity contribution in [3.8, 4) is 5.69 Å². The highest BCUT2D eigenvalue weighted by molar-refractivity contribution is 7.98. The van der Waals surface area contributed by atoms with E-state index in [1.54, 1.807) is 18.0 Å². The van der Waals surface area contributed by atoms with Crippen LogP contribution >= 0.6 is 11.8 Å². The van der Waals surface area contributed by atoms with Gasteiger partial charge in [-0.2, -0.15) is 13.2 Å².